The topological polar surface area (TPSA) is 107 Å². The molecule has 0 saturated carbocycles. The lowest BCUT2D eigenvalue weighted by atomic mass is 10.4. The molecular formula is C10H14ClN3O5S. The number of nitrogens with one attached hydrogen (secondary N) is 1. The number of ether oxygens (including phenoxy) is 1. The highest BCUT2D eigenvalue weighted by molar-refractivity contribution is 7.90. The first-order chi connectivity index (χ1) is 9.24. The second-order valence-electron chi connectivity index (χ2n) is 3.97. The lowest BCUT2D eigenvalue weighted by molar-refractivity contribution is -0.141. The van der Waals surface area contributed by atoms with Crippen LogP contribution < -0.4 is 10.9 Å². The second kappa shape index (κ2) is 6.71. The number of rotatable bonds is 6. The third kappa shape index (κ3) is 4.82. The molecule has 1 aromatic rings. The molecule has 8 nitrogen and oxygen atoms in total. The number of carbonyl (C=O) groups excluding carboxylic acids is 1. The van der Waals surface area contributed by atoms with Gasteiger partial charge in [-0.25, -0.2) is 13.1 Å². The summed E-state index contributed by atoms with van der Waals surface area (Å²) in [6.45, 7) is -0.251. The van der Waals surface area contributed by atoms with E-state index in [4.69, 9.17) is 11.6 Å². The maximum Gasteiger partial charge on any atom is 0.327 e. The fourth-order valence-corrected chi connectivity index (χ4v) is 1.94. The van der Waals surface area contributed by atoms with Crippen molar-refractivity contribution < 1.29 is 17.9 Å². The van der Waals surface area contributed by atoms with Crippen LogP contribution in [0.25, 0.3) is 0 Å². The normalized spacial score (nSPS) is 11.2. The predicted octanol–water partition coefficient (Wildman–Crippen LogP) is -0.474. The van der Waals surface area contributed by atoms with E-state index in [9.17, 15) is 18.0 Å². The first-order valence-corrected chi connectivity index (χ1v) is 7.92. The minimum atomic E-state index is -3.12. The van der Waals surface area contributed by atoms with Crippen molar-refractivity contribution in [3.63, 3.8) is 0 Å². The number of anilines is 1. The van der Waals surface area contributed by atoms with E-state index in [2.05, 4.69) is 15.2 Å². The van der Waals surface area contributed by atoms with Gasteiger partial charge in [0.2, 0.25) is 0 Å². The Balaban J connectivity index is 2.84. The standard InChI is InChI=1S/C10H14ClN3O5S/c1-19-8(15)6-14-10(16)9(11)7(5-13-14)12-3-4-20(2,17)18/h5,12H,3-4,6H2,1-2H3. The largest absolute Gasteiger partial charge is 0.468 e. The molecule has 0 aliphatic carbocycles. The van der Waals surface area contributed by atoms with Gasteiger partial charge in [0.1, 0.15) is 21.4 Å². The zero-order valence-corrected chi connectivity index (χ0v) is 12.5. The molecule has 1 N–H and O–H groups in total. The van der Waals surface area contributed by atoms with Crippen LogP contribution in [0.3, 0.4) is 0 Å². The van der Waals surface area contributed by atoms with Crippen LogP contribution in [0.4, 0.5) is 5.69 Å². The van der Waals surface area contributed by atoms with Crippen LogP contribution in [-0.2, 0) is 25.9 Å². The van der Waals surface area contributed by atoms with Crippen LogP contribution in [-0.4, -0.2) is 49.8 Å². The molecule has 0 radical (unpaired) electrons. The van der Waals surface area contributed by atoms with E-state index in [0.29, 0.717) is 0 Å². The lowest BCUT2D eigenvalue weighted by Gasteiger charge is -2.09. The molecule has 0 fully saturated rings. The first kappa shape index (κ1) is 16.4. The van der Waals surface area contributed by atoms with E-state index in [0.717, 1.165) is 10.9 Å². The quantitative estimate of drug-likeness (QED) is 0.705. The van der Waals surface area contributed by atoms with Gasteiger partial charge < -0.3 is 10.1 Å². The summed E-state index contributed by atoms with van der Waals surface area (Å²) in [7, 11) is -1.92. The molecule has 1 heterocycles. The van der Waals surface area contributed by atoms with Crippen molar-refractivity contribution in [2.75, 3.05) is 31.0 Å². The van der Waals surface area contributed by atoms with Crippen molar-refractivity contribution >= 4 is 33.1 Å². The molecule has 20 heavy (non-hydrogen) atoms. The Hall–Kier alpha value is -1.61. The fraction of sp³-hybridized carbons (Fsp3) is 0.500. The monoisotopic (exact) mass is 323 g/mol. The van der Waals surface area contributed by atoms with Gasteiger partial charge in [0.25, 0.3) is 5.56 Å². The van der Waals surface area contributed by atoms with Gasteiger partial charge >= 0.3 is 5.97 Å². The molecule has 0 aromatic carbocycles. The average Bonchev–Trinajstić information content (AvgIpc) is 2.36. The van der Waals surface area contributed by atoms with E-state index in [-0.39, 0.29) is 29.6 Å². The summed E-state index contributed by atoms with van der Waals surface area (Å²) in [4.78, 5) is 22.9. The zero-order valence-electron chi connectivity index (χ0n) is 10.9. The summed E-state index contributed by atoms with van der Waals surface area (Å²) < 4.78 is 27.2. The van der Waals surface area contributed by atoms with Crippen LogP contribution in [0.15, 0.2) is 11.0 Å². The fourth-order valence-electron chi connectivity index (χ4n) is 1.26. The summed E-state index contributed by atoms with van der Waals surface area (Å²) >= 11 is 5.84. The van der Waals surface area contributed by atoms with E-state index in [1.807, 2.05) is 0 Å². The minimum Gasteiger partial charge on any atom is -0.468 e. The van der Waals surface area contributed by atoms with Gasteiger partial charge in [-0.2, -0.15) is 5.10 Å². The Kier molecular flexibility index (Phi) is 5.52. The Morgan fingerprint density at radius 2 is 2.20 bits per heavy atom. The number of nitrogens with zero attached hydrogens (tertiary/aromatic N) is 2. The molecule has 0 spiro atoms. The molecule has 0 aliphatic rings. The number of esters is 1. The Bertz CT molecular complexity index is 655. The maximum absolute atomic E-state index is 11.8. The molecule has 0 atom stereocenters. The van der Waals surface area contributed by atoms with Crippen molar-refractivity contribution in [3.05, 3.63) is 21.6 Å². The Labute approximate surface area is 120 Å². The average molecular weight is 324 g/mol. The highest BCUT2D eigenvalue weighted by Gasteiger charge is 2.12. The second-order valence-corrected chi connectivity index (χ2v) is 6.61. The van der Waals surface area contributed by atoms with E-state index in [1.54, 1.807) is 0 Å². The molecule has 0 aliphatic heterocycles. The van der Waals surface area contributed by atoms with Gasteiger partial charge in [-0.1, -0.05) is 11.6 Å². The molecule has 1 aromatic heterocycles. The molecule has 10 heteroatoms. The van der Waals surface area contributed by atoms with Gasteiger partial charge in [-0.3, -0.25) is 9.59 Å². The molecule has 112 valence electrons. The third-order valence-electron chi connectivity index (χ3n) is 2.28. The number of carbonyl (C=O) groups is 1. The van der Waals surface area contributed by atoms with Crippen molar-refractivity contribution in [1.29, 1.82) is 0 Å². The highest BCUT2D eigenvalue weighted by atomic mass is 35.5. The highest BCUT2D eigenvalue weighted by Crippen LogP contribution is 2.14. The van der Waals surface area contributed by atoms with Gasteiger partial charge in [-0.05, 0) is 0 Å². The van der Waals surface area contributed by atoms with Crippen LogP contribution >= 0.6 is 11.6 Å². The smallest absolute Gasteiger partial charge is 0.327 e. The summed E-state index contributed by atoms with van der Waals surface area (Å²) in [5.41, 5.74) is -0.456. The van der Waals surface area contributed by atoms with Gasteiger partial charge in [0.05, 0.1) is 24.7 Å². The van der Waals surface area contributed by atoms with Crippen molar-refractivity contribution in [2.24, 2.45) is 0 Å². The number of halogens is 1. The molecular weight excluding hydrogens is 310 g/mol. The first-order valence-electron chi connectivity index (χ1n) is 5.48. The van der Waals surface area contributed by atoms with Gasteiger partial charge in [0, 0.05) is 12.8 Å². The summed E-state index contributed by atoms with van der Waals surface area (Å²) in [5.74, 6) is -0.734. The lowest BCUT2D eigenvalue weighted by Crippen LogP contribution is -2.28. The number of methoxy groups -OCH3 is 1. The van der Waals surface area contributed by atoms with Gasteiger partial charge in [-0.15, -0.1) is 0 Å². The van der Waals surface area contributed by atoms with Crippen LogP contribution in [0.1, 0.15) is 0 Å². The van der Waals surface area contributed by atoms with Crippen LogP contribution in [0.2, 0.25) is 5.02 Å². The molecule has 0 amide bonds. The van der Waals surface area contributed by atoms with Crippen molar-refractivity contribution in [2.45, 2.75) is 6.54 Å². The Morgan fingerprint density at radius 1 is 1.55 bits per heavy atom. The van der Waals surface area contributed by atoms with Crippen molar-refractivity contribution in [3.8, 4) is 0 Å². The van der Waals surface area contributed by atoms with Gasteiger partial charge in [0.15, 0.2) is 0 Å². The van der Waals surface area contributed by atoms with Crippen LogP contribution in [0, 0.1) is 0 Å². The van der Waals surface area contributed by atoms with E-state index < -0.39 is 21.4 Å². The summed E-state index contributed by atoms with van der Waals surface area (Å²) in [5, 5.41) is 6.28. The number of sulfone groups is 1. The number of hydrogen-bond acceptors (Lipinski definition) is 7. The third-order valence-corrected chi connectivity index (χ3v) is 3.59. The molecule has 0 unspecified atom stereocenters. The van der Waals surface area contributed by atoms with Crippen LogP contribution in [0.5, 0.6) is 0 Å². The maximum atomic E-state index is 11.8. The number of hydrogen-bond donors (Lipinski definition) is 1. The predicted molar refractivity (Wildman–Crippen MR) is 73.7 cm³/mol. The minimum absolute atomic E-state index is 0.0979. The Morgan fingerprint density at radius 3 is 2.75 bits per heavy atom. The van der Waals surface area contributed by atoms with Crippen molar-refractivity contribution in [1.82, 2.24) is 9.78 Å². The summed E-state index contributed by atoms with van der Waals surface area (Å²) in [6, 6.07) is 0. The zero-order chi connectivity index (χ0) is 15.3. The molecule has 1 rings (SSSR count). The van der Waals surface area contributed by atoms with E-state index in [1.165, 1.54) is 13.3 Å². The van der Waals surface area contributed by atoms with E-state index >= 15 is 0 Å². The molecule has 0 bridgehead atoms. The summed E-state index contributed by atoms with van der Waals surface area (Å²) in [6.07, 6.45) is 2.35. The molecule has 0 saturated heterocycles. The SMILES string of the molecule is COC(=O)Cn1ncc(NCCS(C)(=O)=O)c(Cl)c1=O. The number of aromatic nitrogens is 2.